The van der Waals surface area contributed by atoms with Gasteiger partial charge in [0.2, 0.25) is 11.8 Å². The highest BCUT2D eigenvalue weighted by atomic mass is 35.5. The second-order valence-electron chi connectivity index (χ2n) is 8.28. The van der Waals surface area contributed by atoms with E-state index in [4.69, 9.17) is 11.6 Å². The quantitative estimate of drug-likeness (QED) is 0.587. The van der Waals surface area contributed by atoms with Crippen LogP contribution in [0.3, 0.4) is 0 Å². The van der Waals surface area contributed by atoms with Gasteiger partial charge in [-0.25, -0.2) is 4.98 Å². The lowest BCUT2D eigenvalue weighted by molar-refractivity contribution is -0.127. The Morgan fingerprint density at radius 1 is 1.13 bits per heavy atom. The minimum absolute atomic E-state index is 0.0119. The van der Waals surface area contributed by atoms with Crippen LogP contribution >= 0.6 is 22.9 Å². The van der Waals surface area contributed by atoms with E-state index in [1.165, 1.54) is 11.3 Å². The highest BCUT2D eigenvalue weighted by molar-refractivity contribution is 7.15. The molecule has 2 amide bonds. The van der Waals surface area contributed by atoms with Gasteiger partial charge in [0.15, 0.2) is 0 Å². The van der Waals surface area contributed by atoms with Crippen LogP contribution in [0.15, 0.2) is 54.7 Å². The normalized spacial score (nSPS) is 19.8. The first-order valence-electron chi connectivity index (χ1n) is 10.3. The lowest BCUT2D eigenvalue weighted by Crippen LogP contribution is -2.40. The molecule has 1 aromatic heterocycles. The number of halogens is 1. The van der Waals surface area contributed by atoms with Crippen molar-refractivity contribution in [2.75, 3.05) is 24.5 Å². The third-order valence-electron chi connectivity index (χ3n) is 6.35. The SMILES string of the molecule is CC(=O)N1CCC2(C1)CN(C(=O)Cc1ncc(Cl)s1)c1ccc(-c3ccccc3)cc12. The first-order valence-corrected chi connectivity index (χ1v) is 11.5. The predicted molar refractivity (Wildman–Crippen MR) is 124 cm³/mol. The van der Waals surface area contributed by atoms with Crippen molar-refractivity contribution in [3.8, 4) is 11.1 Å². The number of thiazole rings is 1. The number of likely N-dealkylation sites (tertiary alicyclic amines) is 1. The number of nitrogens with zero attached hydrogens (tertiary/aromatic N) is 3. The Morgan fingerprint density at radius 3 is 2.61 bits per heavy atom. The average Bonchev–Trinajstić information content (AvgIpc) is 3.47. The smallest absolute Gasteiger partial charge is 0.233 e. The van der Waals surface area contributed by atoms with E-state index < -0.39 is 0 Å². The molecular weight excluding hydrogens is 430 g/mol. The molecule has 0 bridgehead atoms. The van der Waals surface area contributed by atoms with E-state index in [-0.39, 0.29) is 23.7 Å². The summed E-state index contributed by atoms with van der Waals surface area (Å²) in [6, 6.07) is 16.6. The fraction of sp³-hybridized carbons (Fsp3) is 0.292. The van der Waals surface area contributed by atoms with Gasteiger partial charge in [0.25, 0.3) is 0 Å². The van der Waals surface area contributed by atoms with Crippen molar-refractivity contribution in [3.05, 3.63) is 69.6 Å². The maximum absolute atomic E-state index is 13.3. The Balaban J connectivity index is 1.53. The summed E-state index contributed by atoms with van der Waals surface area (Å²) >= 11 is 7.34. The Labute approximate surface area is 190 Å². The minimum Gasteiger partial charge on any atom is -0.342 e. The molecule has 7 heteroatoms. The van der Waals surface area contributed by atoms with Gasteiger partial charge < -0.3 is 9.80 Å². The Morgan fingerprint density at radius 2 is 1.94 bits per heavy atom. The van der Waals surface area contributed by atoms with Crippen molar-refractivity contribution in [2.24, 2.45) is 0 Å². The van der Waals surface area contributed by atoms with E-state index >= 15 is 0 Å². The minimum atomic E-state index is -0.234. The number of anilines is 1. The third kappa shape index (κ3) is 3.64. The molecule has 31 heavy (non-hydrogen) atoms. The van der Waals surface area contributed by atoms with Crippen LogP contribution in [-0.4, -0.2) is 41.3 Å². The molecule has 2 aromatic carbocycles. The fourth-order valence-corrected chi connectivity index (χ4v) is 5.73. The van der Waals surface area contributed by atoms with Gasteiger partial charge in [-0.3, -0.25) is 9.59 Å². The zero-order valence-corrected chi connectivity index (χ0v) is 18.7. The molecule has 0 aliphatic carbocycles. The maximum atomic E-state index is 13.3. The van der Waals surface area contributed by atoms with Gasteiger partial charge in [0.05, 0.1) is 12.6 Å². The lowest BCUT2D eigenvalue weighted by atomic mass is 9.80. The van der Waals surface area contributed by atoms with Crippen LogP contribution in [0.2, 0.25) is 4.34 Å². The van der Waals surface area contributed by atoms with E-state index in [1.807, 2.05) is 28.0 Å². The fourth-order valence-electron chi connectivity index (χ4n) is 4.79. The second-order valence-corrected chi connectivity index (χ2v) is 10.0. The van der Waals surface area contributed by atoms with Gasteiger partial charge in [0, 0.05) is 37.7 Å². The van der Waals surface area contributed by atoms with Crippen LogP contribution in [0, 0.1) is 0 Å². The zero-order chi connectivity index (χ0) is 21.6. The number of amides is 2. The first-order chi connectivity index (χ1) is 14.9. The Kier molecular flexibility index (Phi) is 5.07. The number of carbonyl (C=O) groups is 2. The third-order valence-corrected chi connectivity index (χ3v) is 7.47. The highest BCUT2D eigenvalue weighted by Gasteiger charge is 2.49. The van der Waals surface area contributed by atoms with Crippen LogP contribution < -0.4 is 4.90 Å². The summed E-state index contributed by atoms with van der Waals surface area (Å²) in [5.74, 6) is 0.0951. The largest absolute Gasteiger partial charge is 0.342 e. The number of benzene rings is 2. The topological polar surface area (TPSA) is 53.5 Å². The summed E-state index contributed by atoms with van der Waals surface area (Å²) in [6.45, 7) is 3.56. The van der Waals surface area contributed by atoms with Gasteiger partial charge in [0.1, 0.15) is 9.34 Å². The van der Waals surface area contributed by atoms with Gasteiger partial charge in [-0.2, -0.15) is 0 Å². The zero-order valence-electron chi connectivity index (χ0n) is 17.2. The van der Waals surface area contributed by atoms with Crippen LogP contribution in [0.1, 0.15) is 23.9 Å². The van der Waals surface area contributed by atoms with Crippen LogP contribution in [0.25, 0.3) is 11.1 Å². The molecule has 2 aliphatic rings. The van der Waals surface area contributed by atoms with Crippen molar-refractivity contribution in [3.63, 3.8) is 0 Å². The van der Waals surface area contributed by atoms with Gasteiger partial charge in [-0.1, -0.05) is 48.0 Å². The molecular formula is C24H22ClN3O2S. The number of fused-ring (bicyclic) bond motifs is 2. The van der Waals surface area contributed by atoms with Crippen molar-refractivity contribution in [1.82, 2.24) is 9.88 Å². The molecule has 5 nitrogen and oxygen atoms in total. The van der Waals surface area contributed by atoms with Gasteiger partial charge in [-0.05, 0) is 35.2 Å². The number of hydrogen-bond acceptors (Lipinski definition) is 4. The molecule has 158 valence electrons. The van der Waals surface area contributed by atoms with E-state index in [0.29, 0.717) is 24.0 Å². The molecule has 1 spiro atoms. The average molecular weight is 452 g/mol. The summed E-state index contributed by atoms with van der Waals surface area (Å²) in [5, 5.41) is 0.718. The summed E-state index contributed by atoms with van der Waals surface area (Å²) in [7, 11) is 0. The Hall–Kier alpha value is -2.70. The van der Waals surface area contributed by atoms with Crippen molar-refractivity contribution < 1.29 is 9.59 Å². The molecule has 1 fully saturated rings. The monoisotopic (exact) mass is 451 g/mol. The predicted octanol–water partition coefficient (Wildman–Crippen LogP) is 4.54. The van der Waals surface area contributed by atoms with Gasteiger partial charge >= 0.3 is 0 Å². The highest BCUT2D eigenvalue weighted by Crippen LogP contribution is 2.48. The molecule has 5 rings (SSSR count). The molecule has 0 radical (unpaired) electrons. The molecule has 0 N–H and O–H groups in total. The molecule has 3 heterocycles. The van der Waals surface area contributed by atoms with Gasteiger partial charge in [-0.15, -0.1) is 11.3 Å². The summed E-state index contributed by atoms with van der Waals surface area (Å²) < 4.78 is 0.585. The molecule has 1 unspecified atom stereocenters. The number of aromatic nitrogens is 1. The second kappa shape index (κ2) is 7.77. The summed E-state index contributed by atoms with van der Waals surface area (Å²) in [6.07, 6.45) is 2.66. The van der Waals surface area contributed by atoms with Crippen LogP contribution in [0.4, 0.5) is 5.69 Å². The first kappa shape index (κ1) is 20.2. The van der Waals surface area contributed by atoms with Crippen LogP contribution in [-0.2, 0) is 21.4 Å². The van der Waals surface area contributed by atoms with Crippen molar-refractivity contribution in [1.29, 1.82) is 0 Å². The molecule has 0 saturated carbocycles. The maximum Gasteiger partial charge on any atom is 0.233 e. The summed E-state index contributed by atoms with van der Waals surface area (Å²) in [5.41, 5.74) is 4.13. The Bertz CT molecular complexity index is 1160. The molecule has 1 saturated heterocycles. The summed E-state index contributed by atoms with van der Waals surface area (Å²) in [4.78, 5) is 33.4. The number of rotatable bonds is 3. The van der Waals surface area contributed by atoms with Crippen molar-refractivity contribution >= 4 is 40.4 Å². The van der Waals surface area contributed by atoms with E-state index in [1.54, 1.807) is 13.1 Å². The molecule has 2 aliphatic heterocycles. The number of hydrogen-bond donors (Lipinski definition) is 0. The molecule has 1 atom stereocenters. The lowest BCUT2D eigenvalue weighted by Gasteiger charge is -2.25. The standard InChI is InChI=1S/C24H22ClN3O2S/c1-16(29)27-10-9-24(14-27)15-28(23(30)12-22-26-13-21(25)31-22)20-8-7-18(11-19(20)24)17-5-3-2-4-6-17/h2-8,11,13H,9-10,12,14-15H2,1H3. The van der Waals surface area contributed by atoms with Crippen molar-refractivity contribution in [2.45, 2.75) is 25.2 Å². The van der Waals surface area contributed by atoms with E-state index in [0.717, 1.165) is 33.8 Å². The van der Waals surface area contributed by atoms with Crippen LogP contribution in [0.5, 0.6) is 0 Å². The van der Waals surface area contributed by atoms with E-state index in [2.05, 4.69) is 35.3 Å². The number of carbonyl (C=O) groups excluding carboxylic acids is 2. The van der Waals surface area contributed by atoms with E-state index in [9.17, 15) is 9.59 Å². The molecule has 3 aromatic rings.